The van der Waals surface area contributed by atoms with Crippen LogP contribution in [0, 0.1) is 5.82 Å². The van der Waals surface area contributed by atoms with Crippen molar-refractivity contribution in [1.82, 2.24) is 4.72 Å². The van der Waals surface area contributed by atoms with Crippen LogP contribution in [-0.2, 0) is 23.1 Å². The maximum atomic E-state index is 13.7. The van der Waals surface area contributed by atoms with E-state index in [4.69, 9.17) is 5.73 Å². The molecule has 20 heavy (non-hydrogen) atoms. The van der Waals surface area contributed by atoms with Crippen molar-refractivity contribution in [3.05, 3.63) is 65.5 Å². The third-order valence-electron chi connectivity index (χ3n) is 2.83. The molecule has 3 N–H and O–H groups in total. The maximum Gasteiger partial charge on any atom is 0.243 e. The Morgan fingerprint density at radius 2 is 1.75 bits per heavy atom. The number of halogens is 1. The number of benzene rings is 2. The molecule has 2 rings (SSSR count). The van der Waals surface area contributed by atoms with Crippen LogP contribution in [0.4, 0.5) is 4.39 Å². The minimum absolute atomic E-state index is 0.107. The highest BCUT2D eigenvalue weighted by atomic mass is 32.2. The fourth-order valence-corrected chi connectivity index (χ4v) is 2.88. The first kappa shape index (κ1) is 14.6. The zero-order chi connectivity index (χ0) is 14.6. The van der Waals surface area contributed by atoms with Crippen molar-refractivity contribution in [2.24, 2.45) is 5.73 Å². The Labute approximate surface area is 117 Å². The molecule has 4 nitrogen and oxygen atoms in total. The van der Waals surface area contributed by atoms with Crippen LogP contribution in [0.3, 0.4) is 0 Å². The van der Waals surface area contributed by atoms with E-state index in [0.29, 0.717) is 5.56 Å². The van der Waals surface area contributed by atoms with Gasteiger partial charge in [-0.25, -0.2) is 17.5 Å². The molecule has 2 aromatic carbocycles. The van der Waals surface area contributed by atoms with E-state index in [1.807, 2.05) is 6.07 Å². The van der Waals surface area contributed by atoms with Gasteiger partial charge in [0.15, 0.2) is 0 Å². The van der Waals surface area contributed by atoms with Crippen LogP contribution in [0.5, 0.6) is 0 Å². The van der Waals surface area contributed by atoms with E-state index in [-0.39, 0.29) is 18.0 Å². The molecule has 0 fully saturated rings. The van der Waals surface area contributed by atoms with Gasteiger partial charge in [-0.2, -0.15) is 0 Å². The Balaban J connectivity index is 2.22. The monoisotopic (exact) mass is 294 g/mol. The Morgan fingerprint density at radius 1 is 1.05 bits per heavy atom. The average molecular weight is 294 g/mol. The highest BCUT2D eigenvalue weighted by Gasteiger charge is 2.19. The van der Waals surface area contributed by atoms with Gasteiger partial charge < -0.3 is 5.73 Å². The zero-order valence-electron chi connectivity index (χ0n) is 10.7. The fourth-order valence-electron chi connectivity index (χ4n) is 1.73. The third-order valence-corrected chi connectivity index (χ3v) is 4.25. The standard InChI is InChI=1S/C14H15FN2O2S/c15-13-7-6-12(9-16)8-14(13)20(18,19)17-10-11-4-2-1-3-5-11/h1-8,17H,9-10,16H2. The van der Waals surface area contributed by atoms with Crippen molar-refractivity contribution in [3.8, 4) is 0 Å². The van der Waals surface area contributed by atoms with E-state index in [1.165, 1.54) is 12.1 Å². The molecular formula is C14H15FN2O2S. The molecule has 0 aliphatic rings. The lowest BCUT2D eigenvalue weighted by molar-refractivity contribution is 0.556. The van der Waals surface area contributed by atoms with Crippen LogP contribution >= 0.6 is 0 Å². The molecule has 0 heterocycles. The molecule has 0 saturated heterocycles. The molecule has 0 spiro atoms. The van der Waals surface area contributed by atoms with Gasteiger partial charge in [0.2, 0.25) is 10.0 Å². The fraction of sp³-hybridized carbons (Fsp3) is 0.143. The third kappa shape index (κ3) is 3.41. The first-order valence-electron chi connectivity index (χ1n) is 6.05. The van der Waals surface area contributed by atoms with Gasteiger partial charge in [-0.15, -0.1) is 0 Å². The lowest BCUT2D eigenvalue weighted by Crippen LogP contribution is -2.24. The lowest BCUT2D eigenvalue weighted by Gasteiger charge is -2.09. The molecule has 0 saturated carbocycles. The summed E-state index contributed by atoms with van der Waals surface area (Å²) in [7, 11) is -3.90. The Kier molecular flexibility index (Phi) is 4.49. The van der Waals surface area contributed by atoms with Crippen molar-refractivity contribution in [2.75, 3.05) is 0 Å². The molecular weight excluding hydrogens is 279 g/mol. The van der Waals surface area contributed by atoms with Gasteiger partial charge in [0.1, 0.15) is 10.7 Å². The number of rotatable bonds is 5. The normalized spacial score (nSPS) is 11.5. The van der Waals surface area contributed by atoms with E-state index in [9.17, 15) is 12.8 Å². The summed E-state index contributed by atoms with van der Waals surface area (Å²) in [6.45, 7) is 0.261. The summed E-state index contributed by atoms with van der Waals surface area (Å²) in [5, 5.41) is 0. The second-order valence-corrected chi connectivity index (χ2v) is 6.01. The van der Waals surface area contributed by atoms with Crippen molar-refractivity contribution < 1.29 is 12.8 Å². The van der Waals surface area contributed by atoms with E-state index in [1.54, 1.807) is 24.3 Å². The zero-order valence-corrected chi connectivity index (χ0v) is 11.5. The van der Waals surface area contributed by atoms with Gasteiger partial charge in [-0.05, 0) is 23.3 Å². The topological polar surface area (TPSA) is 72.2 Å². The second kappa shape index (κ2) is 6.13. The Hall–Kier alpha value is -1.76. The minimum Gasteiger partial charge on any atom is -0.326 e. The van der Waals surface area contributed by atoms with Gasteiger partial charge in [-0.1, -0.05) is 36.4 Å². The molecule has 0 radical (unpaired) electrons. The molecule has 0 aliphatic heterocycles. The summed E-state index contributed by atoms with van der Waals surface area (Å²) in [6.07, 6.45) is 0. The quantitative estimate of drug-likeness (QED) is 0.882. The summed E-state index contributed by atoms with van der Waals surface area (Å²) in [5.74, 6) is -0.789. The summed E-state index contributed by atoms with van der Waals surface area (Å²) in [6, 6.07) is 12.8. The van der Waals surface area contributed by atoms with Gasteiger partial charge in [0, 0.05) is 13.1 Å². The summed E-state index contributed by atoms with van der Waals surface area (Å²) < 4.78 is 40.2. The molecule has 0 atom stereocenters. The lowest BCUT2D eigenvalue weighted by atomic mass is 10.2. The largest absolute Gasteiger partial charge is 0.326 e. The SMILES string of the molecule is NCc1ccc(F)c(S(=O)(=O)NCc2ccccc2)c1. The smallest absolute Gasteiger partial charge is 0.243 e. The predicted octanol–water partition coefficient (Wildman–Crippen LogP) is 1.76. The molecule has 6 heteroatoms. The highest BCUT2D eigenvalue weighted by Crippen LogP contribution is 2.16. The summed E-state index contributed by atoms with van der Waals surface area (Å²) >= 11 is 0. The van der Waals surface area contributed by atoms with Crippen molar-refractivity contribution in [2.45, 2.75) is 18.0 Å². The van der Waals surface area contributed by atoms with Crippen LogP contribution in [0.2, 0.25) is 0 Å². The van der Waals surface area contributed by atoms with E-state index < -0.39 is 15.8 Å². The molecule has 0 aliphatic carbocycles. The average Bonchev–Trinajstić information content (AvgIpc) is 2.47. The first-order chi connectivity index (χ1) is 9.53. The molecule has 0 bridgehead atoms. The van der Waals surface area contributed by atoms with Crippen LogP contribution in [-0.4, -0.2) is 8.42 Å². The molecule has 106 valence electrons. The van der Waals surface area contributed by atoms with E-state index in [2.05, 4.69) is 4.72 Å². The number of nitrogens with two attached hydrogens (primary N) is 1. The highest BCUT2D eigenvalue weighted by molar-refractivity contribution is 7.89. The summed E-state index contributed by atoms with van der Waals surface area (Å²) in [4.78, 5) is -0.378. The summed E-state index contributed by atoms with van der Waals surface area (Å²) in [5.41, 5.74) is 6.80. The molecule has 0 unspecified atom stereocenters. The van der Waals surface area contributed by atoms with Gasteiger partial charge in [-0.3, -0.25) is 0 Å². The van der Waals surface area contributed by atoms with Crippen molar-refractivity contribution in [1.29, 1.82) is 0 Å². The van der Waals surface area contributed by atoms with Crippen molar-refractivity contribution >= 4 is 10.0 Å². The molecule has 0 aromatic heterocycles. The van der Waals surface area contributed by atoms with Crippen LogP contribution < -0.4 is 10.5 Å². The van der Waals surface area contributed by atoms with Gasteiger partial charge in [0.25, 0.3) is 0 Å². The minimum atomic E-state index is -3.90. The van der Waals surface area contributed by atoms with Gasteiger partial charge >= 0.3 is 0 Å². The van der Waals surface area contributed by atoms with Crippen LogP contribution in [0.25, 0.3) is 0 Å². The number of nitrogens with one attached hydrogen (secondary N) is 1. The predicted molar refractivity (Wildman–Crippen MR) is 74.8 cm³/mol. The van der Waals surface area contributed by atoms with E-state index >= 15 is 0 Å². The van der Waals surface area contributed by atoms with Crippen LogP contribution in [0.15, 0.2) is 53.4 Å². The first-order valence-corrected chi connectivity index (χ1v) is 7.53. The van der Waals surface area contributed by atoms with Crippen molar-refractivity contribution in [3.63, 3.8) is 0 Å². The molecule has 0 amide bonds. The van der Waals surface area contributed by atoms with E-state index in [0.717, 1.165) is 11.6 Å². The Bertz CT molecular complexity index is 688. The second-order valence-electron chi connectivity index (χ2n) is 4.28. The number of sulfonamides is 1. The number of hydrogen-bond donors (Lipinski definition) is 2. The van der Waals surface area contributed by atoms with Crippen LogP contribution in [0.1, 0.15) is 11.1 Å². The maximum absolute atomic E-state index is 13.7. The molecule has 2 aromatic rings. The van der Waals surface area contributed by atoms with Gasteiger partial charge in [0.05, 0.1) is 0 Å². The Morgan fingerprint density at radius 3 is 2.40 bits per heavy atom. The number of hydrogen-bond acceptors (Lipinski definition) is 3.